The summed E-state index contributed by atoms with van der Waals surface area (Å²) in [5.74, 6) is 1.34. The first kappa shape index (κ1) is 15.3. The van der Waals surface area contributed by atoms with Gasteiger partial charge in [-0.05, 0) is 43.9 Å². The van der Waals surface area contributed by atoms with Gasteiger partial charge in [0, 0.05) is 25.4 Å². The van der Waals surface area contributed by atoms with Gasteiger partial charge in [0.25, 0.3) is 0 Å². The van der Waals surface area contributed by atoms with Gasteiger partial charge in [0.2, 0.25) is 5.91 Å². The summed E-state index contributed by atoms with van der Waals surface area (Å²) < 4.78 is 4.62. The van der Waals surface area contributed by atoms with Crippen LogP contribution in [0.3, 0.4) is 0 Å². The van der Waals surface area contributed by atoms with E-state index in [0.717, 1.165) is 13.0 Å². The maximum Gasteiger partial charge on any atom is 0.305 e. The van der Waals surface area contributed by atoms with Crippen molar-refractivity contribution < 1.29 is 14.3 Å². The SMILES string of the molecule is COC(=O)CCCC(=O)N1CCC[C@@H]2CCC[C@@H](C)[C@@H]21. The second-order valence-corrected chi connectivity index (χ2v) is 6.32. The van der Waals surface area contributed by atoms with Gasteiger partial charge in [-0.15, -0.1) is 0 Å². The molecule has 1 amide bonds. The van der Waals surface area contributed by atoms with E-state index in [-0.39, 0.29) is 11.9 Å². The van der Waals surface area contributed by atoms with Gasteiger partial charge >= 0.3 is 5.97 Å². The van der Waals surface area contributed by atoms with Crippen molar-refractivity contribution in [1.82, 2.24) is 4.90 Å². The smallest absolute Gasteiger partial charge is 0.305 e. The molecule has 0 aromatic heterocycles. The molecule has 0 aromatic carbocycles. The van der Waals surface area contributed by atoms with E-state index < -0.39 is 0 Å². The van der Waals surface area contributed by atoms with Crippen LogP contribution in [-0.4, -0.2) is 36.5 Å². The highest BCUT2D eigenvalue weighted by Crippen LogP contribution is 2.38. The zero-order valence-corrected chi connectivity index (χ0v) is 12.8. The molecule has 20 heavy (non-hydrogen) atoms. The number of nitrogens with zero attached hydrogens (tertiary/aromatic N) is 1. The van der Waals surface area contributed by atoms with Crippen molar-refractivity contribution in [1.29, 1.82) is 0 Å². The molecular weight excluding hydrogens is 254 g/mol. The molecule has 1 aliphatic carbocycles. The monoisotopic (exact) mass is 281 g/mol. The summed E-state index contributed by atoms with van der Waals surface area (Å²) in [6, 6.07) is 0.447. The molecule has 2 aliphatic rings. The lowest BCUT2D eigenvalue weighted by Crippen LogP contribution is -2.53. The van der Waals surface area contributed by atoms with E-state index in [1.165, 1.54) is 32.8 Å². The molecule has 3 atom stereocenters. The Balaban J connectivity index is 1.88. The van der Waals surface area contributed by atoms with E-state index in [9.17, 15) is 9.59 Å². The molecule has 1 aliphatic heterocycles. The fourth-order valence-electron chi connectivity index (χ4n) is 3.98. The number of carbonyl (C=O) groups is 2. The van der Waals surface area contributed by atoms with Crippen LogP contribution in [0.4, 0.5) is 0 Å². The Morgan fingerprint density at radius 3 is 2.65 bits per heavy atom. The number of likely N-dealkylation sites (tertiary alicyclic amines) is 1. The first-order valence-corrected chi connectivity index (χ1v) is 7.99. The van der Waals surface area contributed by atoms with Gasteiger partial charge in [-0.1, -0.05) is 13.3 Å². The average molecular weight is 281 g/mol. The Kier molecular flexibility index (Phi) is 5.44. The Hall–Kier alpha value is -1.06. The summed E-state index contributed by atoms with van der Waals surface area (Å²) in [6.45, 7) is 3.19. The minimum Gasteiger partial charge on any atom is -0.469 e. The van der Waals surface area contributed by atoms with E-state index in [0.29, 0.717) is 37.1 Å². The topological polar surface area (TPSA) is 46.6 Å². The summed E-state index contributed by atoms with van der Waals surface area (Å²) >= 11 is 0. The van der Waals surface area contributed by atoms with E-state index >= 15 is 0 Å². The van der Waals surface area contributed by atoms with E-state index in [2.05, 4.69) is 16.6 Å². The van der Waals surface area contributed by atoms with E-state index in [1.54, 1.807) is 0 Å². The molecule has 0 N–H and O–H groups in total. The third-order valence-electron chi connectivity index (χ3n) is 4.95. The van der Waals surface area contributed by atoms with E-state index in [1.807, 2.05) is 0 Å². The van der Waals surface area contributed by atoms with Crippen LogP contribution in [0.5, 0.6) is 0 Å². The number of fused-ring (bicyclic) bond motifs is 1. The minimum atomic E-state index is -0.222. The lowest BCUT2D eigenvalue weighted by Gasteiger charge is -2.47. The number of esters is 1. The largest absolute Gasteiger partial charge is 0.469 e. The first-order chi connectivity index (χ1) is 9.63. The van der Waals surface area contributed by atoms with Crippen molar-refractivity contribution in [3.05, 3.63) is 0 Å². The molecular formula is C16H27NO3. The van der Waals surface area contributed by atoms with Gasteiger partial charge in [0.1, 0.15) is 0 Å². The summed E-state index contributed by atoms with van der Waals surface area (Å²) in [7, 11) is 1.39. The molecule has 4 heteroatoms. The van der Waals surface area contributed by atoms with Crippen LogP contribution in [0.1, 0.15) is 58.3 Å². The lowest BCUT2D eigenvalue weighted by molar-refractivity contribution is -0.141. The summed E-state index contributed by atoms with van der Waals surface area (Å²) in [6.07, 6.45) is 7.68. The van der Waals surface area contributed by atoms with Gasteiger partial charge in [0.05, 0.1) is 7.11 Å². The highest BCUT2D eigenvalue weighted by Gasteiger charge is 2.39. The number of piperidine rings is 1. The molecule has 1 saturated carbocycles. The number of ether oxygens (including phenoxy) is 1. The Morgan fingerprint density at radius 1 is 1.15 bits per heavy atom. The normalized spacial score (nSPS) is 29.7. The fraction of sp³-hybridized carbons (Fsp3) is 0.875. The molecule has 4 nitrogen and oxygen atoms in total. The number of carbonyl (C=O) groups excluding carboxylic acids is 2. The number of methoxy groups -OCH3 is 1. The van der Waals surface area contributed by atoms with Crippen molar-refractivity contribution in [3.63, 3.8) is 0 Å². The number of hydrogen-bond donors (Lipinski definition) is 0. The van der Waals surface area contributed by atoms with Crippen LogP contribution < -0.4 is 0 Å². The van der Waals surface area contributed by atoms with Crippen molar-refractivity contribution in [2.24, 2.45) is 11.8 Å². The van der Waals surface area contributed by atoms with Gasteiger partial charge in [-0.3, -0.25) is 9.59 Å². The third-order valence-corrected chi connectivity index (χ3v) is 4.95. The quantitative estimate of drug-likeness (QED) is 0.744. The van der Waals surface area contributed by atoms with Crippen LogP contribution >= 0.6 is 0 Å². The Morgan fingerprint density at radius 2 is 1.90 bits per heavy atom. The lowest BCUT2D eigenvalue weighted by atomic mass is 9.73. The third kappa shape index (κ3) is 3.53. The highest BCUT2D eigenvalue weighted by molar-refractivity contribution is 5.77. The predicted molar refractivity (Wildman–Crippen MR) is 77.1 cm³/mol. The molecule has 1 heterocycles. The minimum absolute atomic E-state index is 0.222. The van der Waals surface area contributed by atoms with Crippen LogP contribution in [0.15, 0.2) is 0 Å². The maximum absolute atomic E-state index is 12.4. The molecule has 1 saturated heterocycles. The summed E-state index contributed by atoms with van der Waals surface area (Å²) in [5.41, 5.74) is 0. The number of hydrogen-bond acceptors (Lipinski definition) is 3. The van der Waals surface area contributed by atoms with E-state index in [4.69, 9.17) is 0 Å². The predicted octanol–water partition coefficient (Wildman–Crippen LogP) is 2.76. The van der Waals surface area contributed by atoms with Gasteiger partial charge in [0.15, 0.2) is 0 Å². The number of amides is 1. The van der Waals surface area contributed by atoms with Crippen molar-refractivity contribution in [3.8, 4) is 0 Å². The second-order valence-electron chi connectivity index (χ2n) is 6.32. The van der Waals surface area contributed by atoms with Gasteiger partial charge in [-0.2, -0.15) is 0 Å². The summed E-state index contributed by atoms with van der Waals surface area (Å²) in [4.78, 5) is 25.7. The van der Waals surface area contributed by atoms with Crippen LogP contribution in [0, 0.1) is 11.8 Å². The molecule has 0 radical (unpaired) electrons. The van der Waals surface area contributed by atoms with Crippen LogP contribution in [0.25, 0.3) is 0 Å². The van der Waals surface area contributed by atoms with Crippen molar-refractivity contribution in [2.45, 2.75) is 64.3 Å². The molecule has 0 aromatic rings. The number of rotatable bonds is 4. The fourth-order valence-corrected chi connectivity index (χ4v) is 3.98. The standard InChI is InChI=1S/C16H27NO3/c1-12-6-3-7-13-8-5-11-17(16(12)13)14(18)9-4-10-15(19)20-2/h12-13,16H,3-11H2,1-2H3/t12-,13+,16+/m1/s1. The Bertz CT molecular complexity index is 354. The van der Waals surface area contributed by atoms with Crippen molar-refractivity contribution >= 4 is 11.9 Å². The second kappa shape index (κ2) is 7.09. The first-order valence-electron chi connectivity index (χ1n) is 7.99. The maximum atomic E-state index is 12.4. The highest BCUT2D eigenvalue weighted by atomic mass is 16.5. The molecule has 2 rings (SSSR count). The van der Waals surface area contributed by atoms with Crippen molar-refractivity contribution in [2.75, 3.05) is 13.7 Å². The van der Waals surface area contributed by atoms with Crippen LogP contribution in [0.2, 0.25) is 0 Å². The molecule has 114 valence electrons. The molecule has 0 bridgehead atoms. The zero-order valence-electron chi connectivity index (χ0n) is 12.8. The van der Waals surface area contributed by atoms with Crippen LogP contribution in [-0.2, 0) is 14.3 Å². The molecule has 2 fully saturated rings. The van der Waals surface area contributed by atoms with Gasteiger partial charge in [-0.25, -0.2) is 0 Å². The zero-order chi connectivity index (χ0) is 14.5. The molecule has 0 unspecified atom stereocenters. The van der Waals surface area contributed by atoms with Gasteiger partial charge < -0.3 is 9.64 Å². The summed E-state index contributed by atoms with van der Waals surface area (Å²) in [5, 5.41) is 0. The Labute approximate surface area is 121 Å². The average Bonchev–Trinajstić information content (AvgIpc) is 2.46. The molecule has 0 spiro atoms.